The summed E-state index contributed by atoms with van der Waals surface area (Å²) in [5, 5.41) is -0.357. The average Bonchev–Trinajstić information content (AvgIpc) is 2.57. The van der Waals surface area contributed by atoms with Crippen LogP contribution in [0.3, 0.4) is 0 Å². The summed E-state index contributed by atoms with van der Waals surface area (Å²) in [6.07, 6.45) is 0. The number of thioether (sulfide) groups is 2. The van der Waals surface area contributed by atoms with Crippen molar-refractivity contribution in [3.8, 4) is 0 Å². The molecular formula is C25H32O2S2. The third kappa shape index (κ3) is 6.75. The molecule has 156 valence electrons. The van der Waals surface area contributed by atoms with Crippen molar-refractivity contribution < 1.29 is 9.59 Å². The number of benzene rings is 2. The predicted octanol–water partition coefficient (Wildman–Crippen LogP) is 6.97. The molecule has 0 fully saturated rings. The summed E-state index contributed by atoms with van der Waals surface area (Å²) in [5.74, 6) is 0.285. The highest BCUT2D eigenvalue weighted by molar-refractivity contribution is 8.19. The van der Waals surface area contributed by atoms with Crippen LogP contribution >= 0.6 is 23.5 Å². The number of hydrogen-bond donors (Lipinski definition) is 0. The van der Waals surface area contributed by atoms with E-state index in [4.69, 9.17) is 0 Å². The molecule has 0 saturated heterocycles. The fourth-order valence-corrected chi connectivity index (χ4v) is 6.97. The zero-order valence-corrected chi connectivity index (χ0v) is 20.4. The molecule has 0 heterocycles. The molecule has 2 unspecified atom stereocenters. The lowest BCUT2D eigenvalue weighted by atomic mass is 10.0. The number of ketones is 2. The molecule has 2 aromatic rings. The van der Waals surface area contributed by atoms with Gasteiger partial charge in [-0.25, -0.2) is 0 Å². The molecule has 0 N–H and O–H groups in total. The first kappa shape index (κ1) is 23.8. The molecule has 0 bridgehead atoms. The highest BCUT2D eigenvalue weighted by atomic mass is 32.2. The standard InChI is InChI=1S/C25H32O2S2/c1-15-9-16(2)12-21(11-15)23(26)19(5)28-25(7,8)29-20(6)24(27)22-13-17(3)10-18(4)14-22/h9-14,19-20H,1-8H3. The van der Waals surface area contributed by atoms with E-state index in [0.717, 1.165) is 33.4 Å². The SMILES string of the molecule is Cc1cc(C)cc(C(=O)C(C)SC(C)(C)SC(C)C(=O)c2cc(C)cc(C)c2)c1. The zero-order chi connectivity index (χ0) is 21.9. The van der Waals surface area contributed by atoms with Crippen LogP contribution in [0.1, 0.15) is 70.7 Å². The second-order valence-corrected chi connectivity index (χ2v) is 12.6. The Morgan fingerprint density at radius 3 is 1.21 bits per heavy atom. The number of aryl methyl sites for hydroxylation is 4. The Balaban J connectivity index is 2.07. The summed E-state index contributed by atoms with van der Waals surface area (Å²) in [4.78, 5) is 25.9. The average molecular weight is 429 g/mol. The summed E-state index contributed by atoms with van der Waals surface area (Å²) in [6.45, 7) is 16.2. The van der Waals surface area contributed by atoms with Crippen molar-refractivity contribution in [2.24, 2.45) is 0 Å². The Labute approximate surface area is 184 Å². The molecule has 29 heavy (non-hydrogen) atoms. The van der Waals surface area contributed by atoms with Gasteiger partial charge in [-0.2, -0.15) is 0 Å². The van der Waals surface area contributed by atoms with Crippen molar-refractivity contribution in [3.05, 3.63) is 69.8 Å². The number of carbonyl (C=O) groups is 2. The van der Waals surface area contributed by atoms with Crippen LogP contribution in [0.2, 0.25) is 0 Å². The summed E-state index contributed by atoms with van der Waals surface area (Å²) in [6, 6.07) is 12.0. The molecule has 0 saturated carbocycles. The Morgan fingerprint density at radius 1 is 0.655 bits per heavy atom. The topological polar surface area (TPSA) is 34.1 Å². The van der Waals surface area contributed by atoms with E-state index >= 15 is 0 Å². The van der Waals surface area contributed by atoms with Gasteiger partial charge >= 0.3 is 0 Å². The van der Waals surface area contributed by atoms with Crippen LogP contribution < -0.4 is 0 Å². The summed E-state index contributed by atoms with van der Waals surface area (Å²) < 4.78 is -0.262. The second kappa shape index (κ2) is 9.53. The minimum atomic E-state index is -0.262. The van der Waals surface area contributed by atoms with E-state index in [1.165, 1.54) is 0 Å². The van der Waals surface area contributed by atoms with Gasteiger partial charge in [0.1, 0.15) is 0 Å². The van der Waals surface area contributed by atoms with E-state index < -0.39 is 0 Å². The minimum absolute atomic E-state index is 0.142. The van der Waals surface area contributed by atoms with Gasteiger partial charge in [0.2, 0.25) is 0 Å². The number of hydrogen-bond acceptors (Lipinski definition) is 4. The predicted molar refractivity (Wildman–Crippen MR) is 129 cm³/mol. The molecule has 0 aliphatic rings. The lowest BCUT2D eigenvalue weighted by Crippen LogP contribution is -2.26. The summed E-state index contributed by atoms with van der Waals surface area (Å²) in [5.41, 5.74) is 5.95. The number of Topliss-reactive ketones (excluding diaryl/α,β-unsaturated/α-hetero) is 2. The molecule has 2 rings (SSSR count). The molecule has 0 radical (unpaired) electrons. The van der Waals surface area contributed by atoms with E-state index in [1.54, 1.807) is 23.5 Å². The van der Waals surface area contributed by atoms with E-state index in [1.807, 2.05) is 65.8 Å². The van der Waals surface area contributed by atoms with Crippen LogP contribution in [0, 0.1) is 27.7 Å². The van der Waals surface area contributed by atoms with Crippen LogP contribution in [0.5, 0.6) is 0 Å². The third-order valence-electron chi connectivity index (χ3n) is 4.67. The van der Waals surface area contributed by atoms with E-state index in [2.05, 4.69) is 26.0 Å². The molecule has 2 aromatic carbocycles. The molecule has 0 amide bonds. The van der Waals surface area contributed by atoms with E-state index in [9.17, 15) is 9.59 Å². The van der Waals surface area contributed by atoms with Gasteiger partial charge in [-0.15, -0.1) is 23.5 Å². The maximum atomic E-state index is 12.9. The van der Waals surface area contributed by atoms with E-state index in [0.29, 0.717) is 0 Å². The smallest absolute Gasteiger partial charge is 0.175 e. The molecule has 0 spiro atoms. The first-order valence-electron chi connectivity index (χ1n) is 9.98. The lowest BCUT2D eigenvalue weighted by molar-refractivity contribution is 0.0986. The van der Waals surface area contributed by atoms with Crippen molar-refractivity contribution in [3.63, 3.8) is 0 Å². The minimum Gasteiger partial charge on any atom is -0.293 e. The van der Waals surface area contributed by atoms with Crippen molar-refractivity contribution in [1.29, 1.82) is 0 Å². The van der Waals surface area contributed by atoms with Gasteiger partial charge in [0.25, 0.3) is 0 Å². The van der Waals surface area contributed by atoms with Gasteiger partial charge in [0.15, 0.2) is 11.6 Å². The third-order valence-corrected chi connectivity index (χ3v) is 7.52. The largest absolute Gasteiger partial charge is 0.293 e. The highest BCUT2D eigenvalue weighted by Gasteiger charge is 2.31. The highest BCUT2D eigenvalue weighted by Crippen LogP contribution is 2.42. The Hall–Kier alpha value is -1.52. The molecule has 2 nitrogen and oxygen atoms in total. The van der Waals surface area contributed by atoms with Gasteiger partial charge in [-0.05, 0) is 79.7 Å². The van der Waals surface area contributed by atoms with Crippen molar-refractivity contribution in [1.82, 2.24) is 0 Å². The van der Waals surface area contributed by atoms with Gasteiger partial charge in [0, 0.05) is 11.1 Å². The normalized spacial score (nSPS) is 13.8. The quantitative estimate of drug-likeness (QED) is 0.336. The number of carbonyl (C=O) groups excluding carboxylic acids is 2. The molecule has 2 atom stereocenters. The van der Waals surface area contributed by atoms with Crippen molar-refractivity contribution in [2.75, 3.05) is 0 Å². The Kier molecular flexibility index (Phi) is 7.80. The van der Waals surface area contributed by atoms with Crippen molar-refractivity contribution in [2.45, 2.75) is 70.0 Å². The lowest BCUT2D eigenvalue weighted by Gasteiger charge is -2.29. The summed E-state index contributed by atoms with van der Waals surface area (Å²) >= 11 is 3.25. The van der Waals surface area contributed by atoms with Gasteiger partial charge in [0.05, 0.1) is 14.6 Å². The molecule has 4 heteroatoms. The Bertz CT molecular complexity index is 801. The fourth-order valence-electron chi connectivity index (χ4n) is 3.69. The van der Waals surface area contributed by atoms with Crippen LogP contribution in [-0.2, 0) is 0 Å². The van der Waals surface area contributed by atoms with Crippen LogP contribution in [0.4, 0.5) is 0 Å². The molecule has 0 aliphatic heterocycles. The summed E-state index contributed by atoms with van der Waals surface area (Å²) in [7, 11) is 0. The maximum Gasteiger partial charge on any atom is 0.175 e. The zero-order valence-electron chi connectivity index (χ0n) is 18.8. The first-order valence-corrected chi connectivity index (χ1v) is 11.7. The fraction of sp³-hybridized carbons (Fsp3) is 0.440. The van der Waals surface area contributed by atoms with Crippen LogP contribution in [-0.4, -0.2) is 26.1 Å². The van der Waals surface area contributed by atoms with Gasteiger partial charge < -0.3 is 0 Å². The van der Waals surface area contributed by atoms with E-state index in [-0.39, 0.29) is 26.1 Å². The van der Waals surface area contributed by atoms with Crippen molar-refractivity contribution >= 4 is 35.1 Å². The molecule has 0 aliphatic carbocycles. The second-order valence-electron chi connectivity index (χ2n) is 8.40. The first-order chi connectivity index (χ1) is 13.4. The van der Waals surface area contributed by atoms with Crippen LogP contribution in [0.25, 0.3) is 0 Å². The Morgan fingerprint density at radius 2 is 0.931 bits per heavy atom. The maximum absolute atomic E-state index is 12.9. The monoisotopic (exact) mass is 428 g/mol. The molecular weight excluding hydrogens is 396 g/mol. The van der Waals surface area contributed by atoms with Gasteiger partial charge in [-0.3, -0.25) is 9.59 Å². The van der Waals surface area contributed by atoms with Crippen LogP contribution in [0.15, 0.2) is 36.4 Å². The van der Waals surface area contributed by atoms with Gasteiger partial charge in [-0.1, -0.05) is 34.4 Å². The number of rotatable bonds is 8. The molecule has 0 aromatic heterocycles.